The Balaban J connectivity index is 2.56. The van der Waals surface area contributed by atoms with E-state index in [4.69, 9.17) is 0 Å². The number of ether oxygens (including phenoxy) is 1. The molecule has 0 aromatic heterocycles. The first-order valence-corrected chi connectivity index (χ1v) is 5.64. The Morgan fingerprint density at radius 2 is 2.06 bits per heavy atom. The second kappa shape index (κ2) is 6.44. The molecule has 18 heavy (non-hydrogen) atoms. The molecule has 1 atom stereocenters. The summed E-state index contributed by atoms with van der Waals surface area (Å²) < 4.78 is 30.4. The van der Waals surface area contributed by atoms with Crippen molar-refractivity contribution in [1.82, 2.24) is 4.90 Å². The number of carbonyl (C=O) groups is 1. The van der Waals surface area contributed by atoms with Gasteiger partial charge in [-0.3, -0.25) is 4.79 Å². The summed E-state index contributed by atoms with van der Waals surface area (Å²) in [5.41, 5.74) is 0.661. The van der Waals surface area contributed by atoms with Crippen LogP contribution in [0.25, 0.3) is 0 Å². The Hall–Kier alpha value is -1.49. The maximum atomic E-state index is 13.0. The molecule has 1 aromatic rings. The normalized spacial score (nSPS) is 12.6. The monoisotopic (exact) mass is 257 g/mol. The van der Waals surface area contributed by atoms with Gasteiger partial charge in [-0.15, -0.1) is 0 Å². The van der Waals surface area contributed by atoms with E-state index >= 15 is 0 Å². The molecule has 3 nitrogen and oxygen atoms in total. The van der Waals surface area contributed by atoms with Gasteiger partial charge in [-0.2, -0.15) is 0 Å². The lowest BCUT2D eigenvalue weighted by atomic mass is 10.1. The predicted octanol–water partition coefficient (Wildman–Crippen LogP) is 2.21. The maximum absolute atomic E-state index is 13.0. The quantitative estimate of drug-likeness (QED) is 0.757. The second-order valence-electron chi connectivity index (χ2n) is 4.37. The summed E-state index contributed by atoms with van der Waals surface area (Å²) in [6, 6.07) is 3.79. The molecule has 0 heterocycles. The van der Waals surface area contributed by atoms with Crippen LogP contribution in [0, 0.1) is 17.6 Å². The fraction of sp³-hybridized carbons (Fsp3) is 0.462. The lowest BCUT2D eigenvalue weighted by molar-refractivity contribution is -0.145. The third kappa shape index (κ3) is 4.07. The zero-order valence-electron chi connectivity index (χ0n) is 10.7. The van der Waals surface area contributed by atoms with Crippen molar-refractivity contribution in [3.05, 3.63) is 35.4 Å². The van der Waals surface area contributed by atoms with Crippen molar-refractivity contribution in [1.29, 1.82) is 0 Å². The first-order valence-electron chi connectivity index (χ1n) is 5.64. The summed E-state index contributed by atoms with van der Waals surface area (Å²) in [5, 5.41) is 0. The molecule has 0 saturated carbocycles. The van der Waals surface area contributed by atoms with E-state index in [9.17, 15) is 13.6 Å². The fourth-order valence-corrected chi connectivity index (χ4v) is 1.76. The van der Waals surface area contributed by atoms with Crippen molar-refractivity contribution in [2.45, 2.75) is 13.5 Å². The molecule has 0 amide bonds. The summed E-state index contributed by atoms with van der Waals surface area (Å²) in [6.07, 6.45) is 0. The average molecular weight is 257 g/mol. The molecular weight excluding hydrogens is 240 g/mol. The molecule has 0 fully saturated rings. The highest BCUT2D eigenvalue weighted by Crippen LogP contribution is 2.11. The van der Waals surface area contributed by atoms with Gasteiger partial charge in [0.2, 0.25) is 0 Å². The lowest BCUT2D eigenvalue weighted by Crippen LogP contribution is -2.29. The van der Waals surface area contributed by atoms with E-state index in [1.807, 2.05) is 4.90 Å². The first kappa shape index (κ1) is 14.6. The Morgan fingerprint density at radius 3 is 2.61 bits per heavy atom. The van der Waals surface area contributed by atoms with Crippen LogP contribution in [0.4, 0.5) is 8.78 Å². The van der Waals surface area contributed by atoms with E-state index in [2.05, 4.69) is 4.74 Å². The Kier molecular flexibility index (Phi) is 5.22. The summed E-state index contributed by atoms with van der Waals surface area (Å²) >= 11 is 0. The van der Waals surface area contributed by atoms with Crippen LogP contribution in [0.15, 0.2) is 18.2 Å². The molecular formula is C13H17F2NO2. The van der Waals surface area contributed by atoms with Crippen molar-refractivity contribution in [3.63, 3.8) is 0 Å². The number of benzene rings is 1. The molecule has 1 rings (SSSR count). The van der Waals surface area contributed by atoms with Crippen LogP contribution in [-0.2, 0) is 16.1 Å². The zero-order valence-corrected chi connectivity index (χ0v) is 10.7. The molecule has 0 saturated heterocycles. The van der Waals surface area contributed by atoms with Gasteiger partial charge in [0.05, 0.1) is 13.0 Å². The van der Waals surface area contributed by atoms with Crippen LogP contribution in [-0.4, -0.2) is 31.6 Å². The number of rotatable bonds is 5. The summed E-state index contributed by atoms with van der Waals surface area (Å²) in [6.45, 7) is 2.69. The molecule has 1 aromatic carbocycles. The van der Waals surface area contributed by atoms with Crippen LogP contribution in [0.2, 0.25) is 0 Å². The molecule has 0 N–H and O–H groups in total. The van der Waals surface area contributed by atoms with Crippen LogP contribution in [0.3, 0.4) is 0 Å². The summed E-state index contributed by atoms with van der Waals surface area (Å²) in [7, 11) is 3.15. The van der Waals surface area contributed by atoms with E-state index in [0.29, 0.717) is 18.7 Å². The number of hydrogen-bond acceptors (Lipinski definition) is 3. The SMILES string of the molecule is COC(=O)C(C)CN(C)Cc1ccc(F)c(F)c1. The van der Waals surface area contributed by atoms with Crippen molar-refractivity contribution >= 4 is 5.97 Å². The molecule has 0 aliphatic rings. The number of hydrogen-bond donors (Lipinski definition) is 0. The summed E-state index contributed by atoms with van der Waals surface area (Å²) in [5.74, 6) is -2.26. The van der Waals surface area contributed by atoms with Crippen LogP contribution >= 0.6 is 0 Å². The zero-order chi connectivity index (χ0) is 13.7. The third-order valence-corrected chi connectivity index (χ3v) is 2.63. The van der Waals surface area contributed by atoms with Crippen molar-refractivity contribution in [2.75, 3.05) is 20.7 Å². The molecule has 0 spiro atoms. The number of halogens is 2. The van der Waals surface area contributed by atoms with Crippen molar-refractivity contribution in [2.24, 2.45) is 5.92 Å². The van der Waals surface area contributed by atoms with E-state index in [1.165, 1.54) is 13.2 Å². The second-order valence-corrected chi connectivity index (χ2v) is 4.37. The van der Waals surface area contributed by atoms with Gasteiger partial charge in [0.15, 0.2) is 11.6 Å². The largest absolute Gasteiger partial charge is 0.469 e. The number of methoxy groups -OCH3 is 1. The molecule has 5 heteroatoms. The lowest BCUT2D eigenvalue weighted by Gasteiger charge is -2.20. The highest BCUT2D eigenvalue weighted by atomic mass is 19.2. The standard InChI is InChI=1S/C13H17F2NO2/c1-9(13(17)18-3)7-16(2)8-10-4-5-11(14)12(15)6-10/h4-6,9H,7-8H2,1-3H3. The minimum absolute atomic E-state index is 0.259. The topological polar surface area (TPSA) is 29.5 Å². The van der Waals surface area contributed by atoms with Crippen molar-refractivity contribution < 1.29 is 18.3 Å². The highest BCUT2D eigenvalue weighted by molar-refractivity contribution is 5.72. The Labute approximate surface area is 105 Å². The van der Waals surface area contributed by atoms with Gasteiger partial charge in [0, 0.05) is 13.1 Å². The molecule has 0 aliphatic heterocycles. The van der Waals surface area contributed by atoms with E-state index < -0.39 is 11.6 Å². The Bertz CT molecular complexity index is 423. The van der Waals surface area contributed by atoms with Gasteiger partial charge in [-0.25, -0.2) is 8.78 Å². The van der Waals surface area contributed by atoms with Gasteiger partial charge in [-0.05, 0) is 24.7 Å². The van der Waals surface area contributed by atoms with Gasteiger partial charge >= 0.3 is 5.97 Å². The smallest absolute Gasteiger partial charge is 0.309 e. The molecule has 1 unspecified atom stereocenters. The minimum atomic E-state index is -0.859. The van der Waals surface area contributed by atoms with Gasteiger partial charge in [0.25, 0.3) is 0 Å². The van der Waals surface area contributed by atoms with Gasteiger partial charge in [-0.1, -0.05) is 13.0 Å². The van der Waals surface area contributed by atoms with Crippen molar-refractivity contribution in [3.8, 4) is 0 Å². The van der Waals surface area contributed by atoms with Gasteiger partial charge < -0.3 is 9.64 Å². The Morgan fingerprint density at radius 1 is 1.39 bits per heavy atom. The fourth-order valence-electron chi connectivity index (χ4n) is 1.76. The van der Waals surface area contributed by atoms with Crippen LogP contribution < -0.4 is 0 Å². The molecule has 0 radical (unpaired) electrons. The van der Waals surface area contributed by atoms with Gasteiger partial charge in [0.1, 0.15) is 0 Å². The minimum Gasteiger partial charge on any atom is -0.469 e. The molecule has 100 valence electrons. The first-order chi connectivity index (χ1) is 8.43. The number of nitrogens with zero attached hydrogens (tertiary/aromatic N) is 1. The summed E-state index contributed by atoms with van der Waals surface area (Å²) in [4.78, 5) is 13.1. The van der Waals surface area contributed by atoms with E-state index in [0.717, 1.165) is 12.1 Å². The predicted molar refractivity (Wildman–Crippen MR) is 63.9 cm³/mol. The van der Waals surface area contributed by atoms with E-state index in [-0.39, 0.29) is 11.9 Å². The molecule has 0 bridgehead atoms. The van der Waals surface area contributed by atoms with Crippen LogP contribution in [0.1, 0.15) is 12.5 Å². The van der Waals surface area contributed by atoms with Crippen LogP contribution in [0.5, 0.6) is 0 Å². The highest BCUT2D eigenvalue weighted by Gasteiger charge is 2.15. The van der Waals surface area contributed by atoms with E-state index in [1.54, 1.807) is 14.0 Å². The molecule has 0 aliphatic carbocycles. The number of esters is 1. The third-order valence-electron chi connectivity index (χ3n) is 2.63. The maximum Gasteiger partial charge on any atom is 0.309 e. The average Bonchev–Trinajstić information content (AvgIpc) is 2.32. The number of carbonyl (C=O) groups excluding carboxylic acids is 1.